The van der Waals surface area contributed by atoms with Crippen LogP contribution in [0.3, 0.4) is 0 Å². The van der Waals surface area contributed by atoms with Gasteiger partial charge in [-0.2, -0.15) is 0 Å². The molecular formula is C13H10BrClF3NOS. The minimum atomic E-state index is -4.68. The highest BCUT2D eigenvalue weighted by Gasteiger charge is 2.31. The average molecular weight is 401 g/mol. The molecule has 1 aromatic carbocycles. The summed E-state index contributed by atoms with van der Waals surface area (Å²) in [5.41, 5.74) is 0.817. The van der Waals surface area contributed by atoms with Crippen LogP contribution in [0.4, 0.5) is 13.2 Å². The number of halogens is 5. The van der Waals surface area contributed by atoms with Gasteiger partial charge in [0.2, 0.25) is 0 Å². The second-order valence-corrected chi connectivity index (χ2v) is 6.65. The van der Waals surface area contributed by atoms with E-state index < -0.39 is 6.36 Å². The van der Waals surface area contributed by atoms with Crippen molar-refractivity contribution >= 4 is 38.9 Å². The van der Waals surface area contributed by atoms with E-state index in [4.69, 9.17) is 11.6 Å². The quantitative estimate of drug-likeness (QED) is 0.745. The summed E-state index contributed by atoms with van der Waals surface area (Å²) in [5.74, 6) is -0.244. The molecule has 1 atom stereocenters. The Morgan fingerprint density at radius 1 is 1.29 bits per heavy atom. The predicted octanol–water partition coefficient (Wildman–Crippen LogP) is 5.37. The van der Waals surface area contributed by atoms with Crippen LogP contribution in [0.25, 0.3) is 0 Å². The molecule has 21 heavy (non-hydrogen) atoms. The zero-order valence-electron chi connectivity index (χ0n) is 10.7. The van der Waals surface area contributed by atoms with Crippen LogP contribution in [-0.4, -0.2) is 13.4 Å². The van der Waals surface area contributed by atoms with Crippen molar-refractivity contribution in [2.45, 2.75) is 12.4 Å². The first kappa shape index (κ1) is 16.6. The molecule has 0 amide bonds. The van der Waals surface area contributed by atoms with Crippen LogP contribution >= 0.6 is 38.9 Å². The van der Waals surface area contributed by atoms with E-state index in [9.17, 15) is 13.2 Å². The Labute approximate surface area is 137 Å². The number of thiophene rings is 1. The lowest BCUT2D eigenvalue weighted by Gasteiger charge is -2.16. The SMILES string of the molecule is CNC(c1ccc(OC(F)(F)F)cc1)c1cc(Br)c(Cl)s1. The number of alkyl halides is 3. The van der Waals surface area contributed by atoms with Crippen molar-refractivity contribution in [2.24, 2.45) is 0 Å². The summed E-state index contributed by atoms with van der Waals surface area (Å²) in [6, 6.07) is 7.48. The smallest absolute Gasteiger partial charge is 0.406 e. The van der Waals surface area contributed by atoms with Crippen molar-refractivity contribution in [3.63, 3.8) is 0 Å². The van der Waals surface area contributed by atoms with E-state index in [0.717, 1.165) is 14.9 Å². The first-order valence-electron chi connectivity index (χ1n) is 5.78. The van der Waals surface area contributed by atoms with Gasteiger partial charge in [-0.15, -0.1) is 24.5 Å². The Hall–Kier alpha value is -0.760. The lowest BCUT2D eigenvalue weighted by atomic mass is 10.1. The van der Waals surface area contributed by atoms with Crippen LogP contribution in [0.5, 0.6) is 5.75 Å². The maximum absolute atomic E-state index is 12.1. The van der Waals surface area contributed by atoms with Gasteiger partial charge >= 0.3 is 6.36 Å². The molecule has 114 valence electrons. The number of ether oxygens (including phenoxy) is 1. The summed E-state index contributed by atoms with van der Waals surface area (Å²) in [6.07, 6.45) is -4.68. The van der Waals surface area contributed by atoms with E-state index >= 15 is 0 Å². The largest absolute Gasteiger partial charge is 0.573 e. The third-order valence-electron chi connectivity index (χ3n) is 2.68. The van der Waals surface area contributed by atoms with E-state index in [1.165, 1.54) is 23.5 Å². The summed E-state index contributed by atoms with van der Waals surface area (Å²) in [7, 11) is 1.77. The van der Waals surface area contributed by atoms with Crippen molar-refractivity contribution in [1.82, 2.24) is 5.32 Å². The molecule has 0 aliphatic carbocycles. The summed E-state index contributed by atoms with van der Waals surface area (Å²) < 4.78 is 41.7. The van der Waals surface area contributed by atoms with Crippen LogP contribution in [0.2, 0.25) is 4.34 Å². The number of benzene rings is 1. The molecule has 2 rings (SSSR count). The minimum absolute atomic E-state index is 0.154. The van der Waals surface area contributed by atoms with Gasteiger partial charge < -0.3 is 10.1 Å². The molecule has 1 heterocycles. The van der Waals surface area contributed by atoms with Gasteiger partial charge in [0.05, 0.1) is 6.04 Å². The maximum atomic E-state index is 12.1. The van der Waals surface area contributed by atoms with E-state index in [1.54, 1.807) is 19.2 Å². The number of hydrogen-bond donors (Lipinski definition) is 1. The van der Waals surface area contributed by atoms with Crippen molar-refractivity contribution in [2.75, 3.05) is 7.05 Å². The fourth-order valence-corrected chi connectivity index (χ4v) is 3.72. The molecule has 0 saturated heterocycles. The van der Waals surface area contributed by atoms with Crippen molar-refractivity contribution in [3.05, 3.63) is 49.6 Å². The van der Waals surface area contributed by atoms with Gasteiger partial charge in [0.15, 0.2) is 0 Å². The summed E-state index contributed by atoms with van der Waals surface area (Å²) in [5, 5.41) is 3.11. The standard InChI is InChI=1S/C13H10BrClF3NOS/c1-19-11(10-6-9(14)12(15)21-10)7-2-4-8(5-3-7)20-13(16,17)18/h2-6,11,19H,1H3. The van der Waals surface area contributed by atoms with Gasteiger partial charge in [0, 0.05) is 9.35 Å². The molecule has 2 nitrogen and oxygen atoms in total. The molecular weight excluding hydrogens is 391 g/mol. The van der Waals surface area contributed by atoms with Crippen molar-refractivity contribution < 1.29 is 17.9 Å². The molecule has 0 spiro atoms. The van der Waals surface area contributed by atoms with Gasteiger partial charge in [-0.1, -0.05) is 23.7 Å². The van der Waals surface area contributed by atoms with Crippen LogP contribution in [-0.2, 0) is 0 Å². The second-order valence-electron chi connectivity index (χ2n) is 4.11. The highest BCUT2D eigenvalue weighted by Crippen LogP contribution is 2.37. The first-order valence-corrected chi connectivity index (χ1v) is 7.76. The van der Waals surface area contributed by atoms with Crippen LogP contribution in [0, 0.1) is 0 Å². The van der Waals surface area contributed by atoms with Gasteiger partial charge in [-0.25, -0.2) is 0 Å². The molecule has 1 aromatic heterocycles. The second kappa shape index (κ2) is 6.56. The molecule has 8 heteroatoms. The zero-order chi connectivity index (χ0) is 15.6. The number of hydrogen-bond acceptors (Lipinski definition) is 3. The Balaban J connectivity index is 2.23. The lowest BCUT2D eigenvalue weighted by Crippen LogP contribution is -2.18. The monoisotopic (exact) mass is 399 g/mol. The highest BCUT2D eigenvalue weighted by atomic mass is 79.9. The molecule has 1 unspecified atom stereocenters. The van der Waals surface area contributed by atoms with Gasteiger partial charge in [-0.3, -0.25) is 0 Å². The maximum Gasteiger partial charge on any atom is 0.573 e. The average Bonchev–Trinajstić information content (AvgIpc) is 2.70. The topological polar surface area (TPSA) is 21.3 Å². The molecule has 0 aliphatic heterocycles. The highest BCUT2D eigenvalue weighted by molar-refractivity contribution is 9.10. The molecule has 0 fully saturated rings. The number of nitrogens with one attached hydrogen (secondary N) is 1. The lowest BCUT2D eigenvalue weighted by molar-refractivity contribution is -0.274. The van der Waals surface area contributed by atoms with Gasteiger partial charge in [-0.05, 0) is 46.7 Å². The molecule has 0 saturated carbocycles. The van der Waals surface area contributed by atoms with Gasteiger partial charge in [0.1, 0.15) is 10.1 Å². The molecule has 1 N–H and O–H groups in total. The first-order chi connectivity index (χ1) is 9.80. The van der Waals surface area contributed by atoms with E-state index in [-0.39, 0.29) is 11.8 Å². The third kappa shape index (κ3) is 4.35. The van der Waals surface area contributed by atoms with Gasteiger partial charge in [0.25, 0.3) is 0 Å². The predicted molar refractivity (Wildman–Crippen MR) is 81.1 cm³/mol. The van der Waals surface area contributed by atoms with E-state index in [1.807, 2.05) is 6.07 Å². The molecule has 0 bridgehead atoms. The number of rotatable bonds is 4. The Morgan fingerprint density at radius 3 is 2.33 bits per heavy atom. The minimum Gasteiger partial charge on any atom is -0.406 e. The third-order valence-corrected chi connectivity index (χ3v) is 5.22. The van der Waals surface area contributed by atoms with Crippen LogP contribution in [0.15, 0.2) is 34.8 Å². The molecule has 0 radical (unpaired) electrons. The van der Waals surface area contributed by atoms with Crippen molar-refractivity contribution in [3.8, 4) is 5.75 Å². The van der Waals surface area contributed by atoms with E-state index in [0.29, 0.717) is 4.34 Å². The summed E-state index contributed by atoms with van der Waals surface area (Å²) in [6.45, 7) is 0. The Morgan fingerprint density at radius 2 is 1.90 bits per heavy atom. The summed E-state index contributed by atoms with van der Waals surface area (Å²) in [4.78, 5) is 0.957. The Bertz CT molecular complexity index is 595. The van der Waals surface area contributed by atoms with Crippen LogP contribution in [0.1, 0.15) is 16.5 Å². The normalized spacial score (nSPS) is 13.2. The van der Waals surface area contributed by atoms with Crippen LogP contribution < -0.4 is 10.1 Å². The fraction of sp³-hybridized carbons (Fsp3) is 0.231. The van der Waals surface area contributed by atoms with E-state index in [2.05, 4.69) is 26.0 Å². The van der Waals surface area contributed by atoms with Crippen molar-refractivity contribution in [1.29, 1.82) is 0 Å². The zero-order valence-corrected chi connectivity index (χ0v) is 13.8. The molecule has 0 aliphatic rings. The fourth-order valence-electron chi connectivity index (χ4n) is 1.84. The summed E-state index contributed by atoms with van der Waals surface area (Å²) >= 11 is 10.8. The Kier molecular flexibility index (Phi) is 5.19. The molecule has 2 aromatic rings.